The fourth-order valence-electron chi connectivity index (χ4n) is 5.32. The number of amides is 1. The Morgan fingerprint density at radius 1 is 1.27 bits per heavy atom. The molecule has 33 heavy (non-hydrogen) atoms. The van der Waals surface area contributed by atoms with Gasteiger partial charge in [-0.15, -0.1) is 11.3 Å². The van der Waals surface area contributed by atoms with E-state index in [-0.39, 0.29) is 30.1 Å². The van der Waals surface area contributed by atoms with Gasteiger partial charge in [0, 0.05) is 11.3 Å². The second kappa shape index (κ2) is 10.6. The topological polar surface area (TPSA) is 99.5 Å². The Hall–Kier alpha value is -1.83. The number of ketones is 1. The Bertz CT molecular complexity index is 936. The molecule has 7 heteroatoms. The Balaban J connectivity index is 1.88. The van der Waals surface area contributed by atoms with Crippen LogP contribution in [0.3, 0.4) is 0 Å². The Kier molecular flexibility index (Phi) is 8.30. The Morgan fingerprint density at radius 3 is 2.67 bits per heavy atom. The molecule has 0 spiro atoms. The fourth-order valence-corrected chi connectivity index (χ4v) is 5.89. The Morgan fingerprint density at radius 2 is 2.00 bits per heavy atom. The monoisotopic (exact) mass is 474 g/mol. The third-order valence-electron chi connectivity index (χ3n) is 7.47. The van der Waals surface area contributed by atoms with Gasteiger partial charge in [0.25, 0.3) is 0 Å². The van der Waals surface area contributed by atoms with Crippen LogP contribution in [0.2, 0.25) is 0 Å². The molecule has 2 heterocycles. The van der Waals surface area contributed by atoms with E-state index in [1.165, 1.54) is 5.57 Å². The number of hydrogen-bond donors (Lipinski definition) is 3. The molecule has 1 amide bonds. The van der Waals surface area contributed by atoms with Gasteiger partial charge >= 0.3 is 0 Å². The van der Waals surface area contributed by atoms with E-state index in [4.69, 9.17) is 0 Å². The number of nitrogens with one attached hydrogen (secondary N) is 1. The van der Waals surface area contributed by atoms with Crippen molar-refractivity contribution in [2.45, 2.75) is 91.4 Å². The van der Waals surface area contributed by atoms with Crippen molar-refractivity contribution in [1.82, 2.24) is 10.3 Å². The predicted octanol–water partition coefficient (Wildman–Crippen LogP) is 4.20. The zero-order valence-electron chi connectivity index (χ0n) is 20.4. The smallest absolute Gasteiger partial charge is 0.223 e. The predicted molar refractivity (Wildman–Crippen MR) is 132 cm³/mol. The third kappa shape index (κ3) is 6.00. The Labute approximate surface area is 201 Å². The van der Waals surface area contributed by atoms with Crippen LogP contribution in [0, 0.1) is 24.2 Å². The molecular weight excluding hydrogens is 436 g/mol. The normalized spacial score (nSPS) is 36.5. The molecular formula is C26H38N2O4S. The van der Waals surface area contributed by atoms with Crippen LogP contribution < -0.4 is 5.32 Å². The van der Waals surface area contributed by atoms with E-state index in [1.807, 2.05) is 25.3 Å². The highest BCUT2D eigenvalue weighted by atomic mass is 32.1. The first kappa shape index (κ1) is 25.8. The first-order valence-electron chi connectivity index (χ1n) is 12.0. The molecule has 1 aromatic heterocycles. The van der Waals surface area contributed by atoms with Crippen molar-refractivity contribution in [2.75, 3.05) is 0 Å². The number of allylic oxidation sites excluding steroid dienone is 1. The molecule has 0 saturated heterocycles. The van der Waals surface area contributed by atoms with E-state index in [9.17, 15) is 19.8 Å². The lowest BCUT2D eigenvalue weighted by molar-refractivity contribution is -0.156. The molecule has 0 radical (unpaired) electrons. The van der Waals surface area contributed by atoms with Gasteiger partial charge < -0.3 is 15.5 Å². The lowest BCUT2D eigenvalue weighted by atomic mass is 9.60. The number of rotatable bonds is 2. The van der Waals surface area contributed by atoms with E-state index in [2.05, 4.69) is 23.3 Å². The molecule has 3 rings (SSSR count). The molecule has 2 bridgehead atoms. The summed E-state index contributed by atoms with van der Waals surface area (Å²) in [6.45, 7) is 9.53. The second-order valence-electron chi connectivity index (χ2n) is 10.2. The number of fused-ring (bicyclic) bond motifs is 2. The van der Waals surface area contributed by atoms with Crippen LogP contribution in [0.1, 0.15) is 76.9 Å². The SMILES string of the molecule is C/C1=C/CCC[C@@H]2C[C@@](C)(C(=O)[C@@H](C)[C@@H]2O)[C@@H](O)CC(=O)N[C@H](/C(C)=C/c2csc(C)n2)C1. The minimum absolute atomic E-state index is 0.0587. The minimum Gasteiger partial charge on any atom is -0.392 e. The maximum Gasteiger partial charge on any atom is 0.223 e. The van der Waals surface area contributed by atoms with Gasteiger partial charge in [0.05, 0.1) is 40.8 Å². The molecule has 1 aromatic rings. The van der Waals surface area contributed by atoms with Crippen LogP contribution in [0.5, 0.6) is 0 Å². The average Bonchev–Trinajstić information content (AvgIpc) is 3.16. The van der Waals surface area contributed by atoms with E-state index >= 15 is 0 Å². The van der Waals surface area contributed by atoms with Gasteiger partial charge in [-0.1, -0.05) is 25.5 Å². The molecule has 0 unspecified atom stereocenters. The largest absolute Gasteiger partial charge is 0.392 e. The van der Waals surface area contributed by atoms with Crippen LogP contribution in [0.25, 0.3) is 6.08 Å². The molecule has 182 valence electrons. The number of Topliss-reactive ketones (excluding diaryl/α,β-unsaturated/α-hetero) is 1. The lowest BCUT2D eigenvalue weighted by Crippen LogP contribution is -2.54. The van der Waals surface area contributed by atoms with Gasteiger partial charge in [0.2, 0.25) is 5.91 Å². The number of aliphatic hydroxyl groups excluding tert-OH is 2. The summed E-state index contributed by atoms with van der Waals surface area (Å²) in [6, 6.07) is -0.214. The summed E-state index contributed by atoms with van der Waals surface area (Å²) >= 11 is 1.59. The fraction of sp³-hybridized carbons (Fsp3) is 0.654. The maximum atomic E-state index is 13.1. The summed E-state index contributed by atoms with van der Waals surface area (Å²) in [5, 5.41) is 27.8. The number of aliphatic hydroxyl groups is 2. The van der Waals surface area contributed by atoms with Gasteiger partial charge in [-0.25, -0.2) is 4.98 Å². The van der Waals surface area contributed by atoms with Gasteiger partial charge in [0.15, 0.2) is 0 Å². The van der Waals surface area contributed by atoms with Crippen molar-refractivity contribution < 1.29 is 19.8 Å². The van der Waals surface area contributed by atoms with Gasteiger partial charge in [-0.3, -0.25) is 9.59 Å². The molecule has 1 aliphatic heterocycles. The first-order chi connectivity index (χ1) is 15.5. The molecule has 1 aliphatic carbocycles. The highest BCUT2D eigenvalue weighted by Crippen LogP contribution is 2.44. The number of hydrogen-bond acceptors (Lipinski definition) is 6. The van der Waals surface area contributed by atoms with Crippen LogP contribution in [-0.2, 0) is 9.59 Å². The van der Waals surface area contributed by atoms with Crippen molar-refractivity contribution in [1.29, 1.82) is 0 Å². The number of carbonyl (C=O) groups excluding carboxylic acids is 2. The highest BCUT2D eigenvalue weighted by molar-refractivity contribution is 7.09. The summed E-state index contributed by atoms with van der Waals surface area (Å²) in [4.78, 5) is 30.6. The summed E-state index contributed by atoms with van der Waals surface area (Å²) in [7, 11) is 0. The molecule has 0 aromatic carbocycles. The average molecular weight is 475 g/mol. The zero-order chi connectivity index (χ0) is 24.3. The minimum atomic E-state index is -1.09. The lowest BCUT2D eigenvalue weighted by Gasteiger charge is -2.45. The molecule has 6 nitrogen and oxygen atoms in total. The summed E-state index contributed by atoms with van der Waals surface area (Å²) in [6.07, 6.45) is 5.95. The molecule has 6 atom stereocenters. The first-order valence-corrected chi connectivity index (χ1v) is 12.8. The van der Waals surface area contributed by atoms with Crippen molar-refractivity contribution >= 4 is 29.1 Å². The summed E-state index contributed by atoms with van der Waals surface area (Å²) in [5.41, 5.74) is 2.04. The van der Waals surface area contributed by atoms with E-state index in [0.717, 1.165) is 35.5 Å². The number of thiazole rings is 1. The van der Waals surface area contributed by atoms with Crippen LogP contribution in [0.15, 0.2) is 22.6 Å². The quantitative estimate of drug-likeness (QED) is 0.558. The molecule has 1 fully saturated rings. The number of aromatic nitrogens is 1. The van der Waals surface area contributed by atoms with Crippen LogP contribution in [-0.4, -0.2) is 45.1 Å². The van der Waals surface area contributed by atoms with E-state index in [0.29, 0.717) is 12.8 Å². The van der Waals surface area contributed by atoms with Crippen molar-refractivity contribution in [2.24, 2.45) is 17.3 Å². The molecule has 1 saturated carbocycles. The number of carbonyl (C=O) groups is 2. The van der Waals surface area contributed by atoms with Gasteiger partial charge in [-0.05, 0) is 70.4 Å². The van der Waals surface area contributed by atoms with E-state index in [1.54, 1.807) is 25.2 Å². The van der Waals surface area contributed by atoms with Gasteiger partial charge in [-0.2, -0.15) is 0 Å². The summed E-state index contributed by atoms with van der Waals surface area (Å²) < 4.78 is 0. The van der Waals surface area contributed by atoms with Crippen LogP contribution in [0.4, 0.5) is 0 Å². The van der Waals surface area contributed by atoms with Crippen LogP contribution >= 0.6 is 11.3 Å². The van der Waals surface area contributed by atoms with E-state index < -0.39 is 23.5 Å². The second-order valence-corrected chi connectivity index (χ2v) is 11.3. The van der Waals surface area contributed by atoms with Crippen molar-refractivity contribution in [3.05, 3.63) is 33.3 Å². The number of nitrogens with zero attached hydrogens (tertiary/aromatic N) is 1. The van der Waals surface area contributed by atoms with Crippen molar-refractivity contribution in [3.63, 3.8) is 0 Å². The summed E-state index contributed by atoms with van der Waals surface area (Å²) in [5.74, 6) is -1.03. The molecule has 2 aliphatic rings. The third-order valence-corrected chi connectivity index (χ3v) is 8.26. The maximum absolute atomic E-state index is 13.1. The standard InChI is InChI=1S/C26H38N2O4S/c1-15-8-6-7-9-19-13-26(5,25(32)17(3)24(19)31)22(29)12-23(30)28-21(10-15)16(2)11-20-14-33-18(4)27-20/h8,11,14,17,19,21-22,24,29,31H,6-7,9-10,12-13H2,1-5H3,(H,28,30)/b15-8-,16-11+/t17-,19+,21-,22-,24-,26+/m0/s1. The highest BCUT2D eigenvalue weighted by Gasteiger charge is 2.51. The van der Waals surface area contributed by atoms with Gasteiger partial charge in [0.1, 0.15) is 5.78 Å². The zero-order valence-corrected chi connectivity index (χ0v) is 21.2. The number of aryl methyl sites for hydroxylation is 1. The molecule has 3 N–H and O–H groups in total. The van der Waals surface area contributed by atoms with Crippen molar-refractivity contribution in [3.8, 4) is 0 Å².